The number of likely N-dealkylation sites (tertiary alicyclic amines) is 1. The van der Waals surface area contributed by atoms with Crippen LogP contribution in [-0.2, 0) is 9.53 Å². The fourth-order valence-corrected chi connectivity index (χ4v) is 4.58. The Hall–Kier alpha value is -1.59. The second-order valence-electron chi connectivity index (χ2n) is 8.94. The summed E-state index contributed by atoms with van der Waals surface area (Å²) in [4.78, 5) is 15.4. The van der Waals surface area contributed by atoms with Gasteiger partial charge in [-0.3, -0.25) is 4.79 Å². The summed E-state index contributed by atoms with van der Waals surface area (Å²) in [6.45, 7) is 7.61. The third-order valence-corrected chi connectivity index (χ3v) is 6.80. The molecule has 0 aromatic heterocycles. The summed E-state index contributed by atoms with van der Waals surface area (Å²) in [5, 5.41) is 3.03. The van der Waals surface area contributed by atoms with Crippen LogP contribution in [0.15, 0.2) is 24.3 Å². The maximum absolute atomic E-state index is 12.8. The third-order valence-electron chi connectivity index (χ3n) is 6.80. The maximum Gasteiger partial charge on any atom is 0.256 e. The van der Waals surface area contributed by atoms with E-state index >= 15 is 0 Å². The summed E-state index contributed by atoms with van der Waals surface area (Å²) < 4.78 is 11.6. The number of hydrogen-bond donors (Lipinski definition) is 1. The molecule has 0 radical (unpaired) electrons. The van der Waals surface area contributed by atoms with Crippen molar-refractivity contribution in [3.05, 3.63) is 24.3 Å². The maximum atomic E-state index is 12.8. The standard InChI is InChI=1S/C24H38N2O3/c1-19-12-14-24(28-3,15-13-19)23(27)25-21-8-10-22(11-9-21)29-18-6-17-26-16-5-4-7-20(26)2/h8-11,19-20H,4-7,12-18H2,1-3H3,(H,25,27). The van der Waals surface area contributed by atoms with Crippen molar-refractivity contribution in [2.45, 2.75) is 76.9 Å². The van der Waals surface area contributed by atoms with E-state index in [0.29, 0.717) is 12.0 Å². The van der Waals surface area contributed by atoms with Crippen molar-refractivity contribution in [3.63, 3.8) is 0 Å². The van der Waals surface area contributed by atoms with Crippen LogP contribution >= 0.6 is 0 Å². The van der Waals surface area contributed by atoms with Gasteiger partial charge in [-0.25, -0.2) is 0 Å². The van der Waals surface area contributed by atoms with Gasteiger partial charge in [-0.05, 0) is 88.6 Å². The molecule has 1 heterocycles. The molecular weight excluding hydrogens is 364 g/mol. The second kappa shape index (κ2) is 10.4. The van der Waals surface area contributed by atoms with Gasteiger partial charge in [0.15, 0.2) is 0 Å². The lowest BCUT2D eigenvalue weighted by Gasteiger charge is -2.36. The van der Waals surface area contributed by atoms with Gasteiger partial charge in [0, 0.05) is 25.4 Å². The zero-order valence-electron chi connectivity index (χ0n) is 18.4. The van der Waals surface area contributed by atoms with Crippen LogP contribution in [0, 0.1) is 5.92 Å². The number of hydrogen-bond acceptors (Lipinski definition) is 4. The van der Waals surface area contributed by atoms with Crippen LogP contribution in [0.2, 0.25) is 0 Å². The number of nitrogens with one attached hydrogen (secondary N) is 1. The Kier molecular flexibility index (Phi) is 7.96. The lowest BCUT2D eigenvalue weighted by molar-refractivity contribution is -0.142. The van der Waals surface area contributed by atoms with Crippen LogP contribution in [0.3, 0.4) is 0 Å². The van der Waals surface area contributed by atoms with Crippen molar-refractivity contribution in [1.29, 1.82) is 0 Å². The first kappa shape index (κ1) is 22.1. The molecule has 1 aliphatic carbocycles. The molecule has 5 nitrogen and oxygen atoms in total. The molecule has 1 saturated carbocycles. The number of ether oxygens (including phenoxy) is 2. The third kappa shape index (κ3) is 5.95. The van der Waals surface area contributed by atoms with Gasteiger partial charge < -0.3 is 19.7 Å². The first-order valence-corrected chi connectivity index (χ1v) is 11.4. The van der Waals surface area contributed by atoms with Gasteiger partial charge in [0.2, 0.25) is 0 Å². The average Bonchev–Trinajstić information content (AvgIpc) is 2.74. The molecule has 1 unspecified atom stereocenters. The highest BCUT2D eigenvalue weighted by Gasteiger charge is 2.41. The van der Waals surface area contributed by atoms with Crippen LogP contribution in [0.5, 0.6) is 5.75 Å². The molecule has 0 spiro atoms. The molecule has 1 aliphatic heterocycles. The van der Waals surface area contributed by atoms with Gasteiger partial charge in [-0.2, -0.15) is 0 Å². The number of carbonyl (C=O) groups excluding carboxylic acids is 1. The molecule has 5 heteroatoms. The SMILES string of the molecule is COC1(C(=O)Nc2ccc(OCCCN3CCCCC3C)cc2)CCC(C)CC1. The summed E-state index contributed by atoms with van der Waals surface area (Å²) in [6, 6.07) is 8.39. The number of benzene rings is 1. The molecule has 162 valence electrons. The minimum absolute atomic E-state index is 0.0313. The summed E-state index contributed by atoms with van der Waals surface area (Å²) in [5.41, 5.74) is 0.104. The van der Waals surface area contributed by atoms with Gasteiger partial charge in [-0.15, -0.1) is 0 Å². The minimum Gasteiger partial charge on any atom is -0.494 e. The predicted octanol–water partition coefficient (Wildman–Crippen LogP) is 4.86. The number of amides is 1. The summed E-state index contributed by atoms with van der Waals surface area (Å²) in [6.07, 6.45) is 8.67. The highest BCUT2D eigenvalue weighted by atomic mass is 16.5. The lowest BCUT2D eigenvalue weighted by atomic mass is 9.79. The van der Waals surface area contributed by atoms with Crippen molar-refractivity contribution in [3.8, 4) is 5.75 Å². The molecular formula is C24H38N2O3. The van der Waals surface area contributed by atoms with Crippen molar-refractivity contribution >= 4 is 11.6 Å². The van der Waals surface area contributed by atoms with Gasteiger partial charge in [0.25, 0.3) is 5.91 Å². The molecule has 1 amide bonds. The smallest absolute Gasteiger partial charge is 0.256 e. The van der Waals surface area contributed by atoms with E-state index in [1.807, 2.05) is 24.3 Å². The van der Waals surface area contributed by atoms with E-state index in [9.17, 15) is 4.79 Å². The van der Waals surface area contributed by atoms with E-state index in [1.54, 1.807) is 7.11 Å². The van der Waals surface area contributed by atoms with Crippen LogP contribution in [0.4, 0.5) is 5.69 Å². The van der Waals surface area contributed by atoms with Crippen LogP contribution in [-0.4, -0.2) is 49.3 Å². The number of nitrogens with zero attached hydrogens (tertiary/aromatic N) is 1. The molecule has 1 N–H and O–H groups in total. The monoisotopic (exact) mass is 402 g/mol. The Bertz CT molecular complexity index is 638. The highest BCUT2D eigenvalue weighted by Crippen LogP contribution is 2.35. The van der Waals surface area contributed by atoms with E-state index in [0.717, 1.165) is 56.7 Å². The van der Waals surface area contributed by atoms with Gasteiger partial charge in [0.05, 0.1) is 6.61 Å². The Morgan fingerprint density at radius 1 is 1.14 bits per heavy atom. The molecule has 3 rings (SSSR count). The topological polar surface area (TPSA) is 50.8 Å². The zero-order valence-corrected chi connectivity index (χ0v) is 18.4. The van der Waals surface area contributed by atoms with E-state index in [1.165, 1.54) is 25.8 Å². The second-order valence-corrected chi connectivity index (χ2v) is 8.94. The summed E-state index contributed by atoms with van der Waals surface area (Å²) in [7, 11) is 1.65. The Balaban J connectivity index is 1.43. The highest BCUT2D eigenvalue weighted by molar-refractivity contribution is 5.97. The number of rotatable bonds is 8. The molecule has 1 aromatic rings. The quantitative estimate of drug-likeness (QED) is 0.631. The molecule has 1 atom stereocenters. The number of piperidine rings is 1. The Morgan fingerprint density at radius 2 is 1.86 bits per heavy atom. The van der Waals surface area contributed by atoms with Crippen molar-refractivity contribution < 1.29 is 14.3 Å². The van der Waals surface area contributed by atoms with Crippen LogP contribution in [0.25, 0.3) is 0 Å². The molecule has 0 bridgehead atoms. The van der Waals surface area contributed by atoms with E-state index < -0.39 is 5.60 Å². The van der Waals surface area contributed by atoms with Crippen molar-refractivity contribution in [2.75, 3.05) is 32.1 Å². The number of methoxy groups -OCH3 is 1. The van der Waals surface area contributed by atoms with E-state index in [-0.39, 0.29) is 5.91 Å². The molecule has 1 saturated heterocycles. The summed E-state index contributed by atoms with van der Waals surface area (Å²) >= 11 is 0. The van der Waals surface area contributed by atoms with Crippen LogP contribution in [0.1, 0.15) is 65.2 Å². The van der Waals surface area contributed by atoms with Crippen molar-refractivity contribution in [2.24, 2.45) is 5.92 Å². The van der Waals surface area contributed by atoms with E-state index in [4.69, 9.17) is 9.47 Å². The number of carbonyl (C=O) groups is 1. The van der Waals surface area contributed by atoms with Crippen LogP contribution < -0.4 is 10.1 Å². The molecule has 29 heavy (non-hydrogen) atoms. The Morgan fingerprint density at radius 3 is 2.52 bits per heavy atom. The number of anilines is 1. The first-order valence-electron chi connectivity index (χ1n) is 11.4. The van der Waals surface area contributed by atoms with Gasteiger partial charge in [-0.1, -0.05) is 13.3 Å². The first-order chi connectivity index (χ1) is 14.0. The molecule has 2 fully saturated rings. The predicted molar refractivity (Wildman–Crippen MR) is 117 cm³/mol. The zero-order chi connectivity index (χ0) is 20.7. The fourth-order valence-electron chi connectivity index (χ4n) is 4.58. The molecule has 1 aromatic carbocycles. The Labute approximate surface area is 176 Å². The largest absolute Gasteiger partial charge is 0.494 e. The van der Waals surface area contributed by atoms with Gasteiger partial charge >= 0.3 is 0 Å². The van der Waals surface area contributed by atoms with Gasteiger partial charge in [0.1, 0.15) is 11.4 Å². The lowest BCUT2D eigenvalue weighted by Crippen LogP contribution is -2.47. The normalized spacial score (nSPS) is 28.1. The minimum atomic E-state index is -0.687. The van der Waals surface area contributed by atoms with E-state index in [2.05, 4.69) is 24.1 Å². The average molecular weight is 403 g/mol. The fraction of sp³-hybridized carbons (Fsp3) is 0.708. The van der Waals surface area contributed by atoms with Crippen molar-refractivity contribution in [1.82, 2.24) is 4.90 Å². The molecule has 2 aliphatic rings. The summed E-state index contributed by atoms with van der Waals surface area (Å²) in [5.74, 6) is 1.49.